The SMILES string of the molecule is C=CC[C@@H](OC(C)=O)c1ccc(OC)cc1. The van der Waals surface area contributed by atoms with Gasteiger partial charge in [0.1, 0.15) is 11.9 Å². The number of ether oxygens (including phenoxy) is 2. The Balaban J connectivity index is 2.82. The van der Waals surface area contributed by atoms with Crippen LogP contribution in [0.3, 0.4) is 0 Å². The fourth-order valence-corrected chi connectivity index (χ4v) is 1.42. The van der Waals surface area contributed by atoms with Gasteiger partial charge in [-0.3, -0.25) is 4.79 Å². The molecule has 86 valence electrons. The summed E-state index contributed by atoms with van der Waals surface area (Å²) in [6.45, 7) is 5.05. The first-order valence-electron chi connectivity index (χ1n) is 5.09. The first-order valence-corrected chi connectivity index (χ1v) is 5.09. The molecule has 3 heteroatoms. The molecule has 1 aromatic carbocycles. The van der Waals surface area contributed by atoms with Gasteiger partial charge in [0.25, 0.3) is 0 Å². The normalized spacial score (nSPS) is 11.6. The van der Waals surface area contributed by atoms with Crippen molar-refractivity contribution in [2.45, 2.75) is 19.4 Å². The number of hydrogen-bond donors (Lipinski definition) is 0. The third kappa shape index (κ3) is 3.42. The van der Waals surface area contributed by atoms with Gasteiger partial charge in [0.15, 0.2) is 0 Å². The molecule has 16 heavy (non-hydrogen) atoms. The van der Waals surface area contributed by atoms with Gasteiger partial charge < -0.3 is 9.47 Å². The minimum atomic E-state index is -0.289. The van der Waals surface area contributed by atoms with E-state index in [0.29, 0.717) is 6.42 Å². The van der Waals surface area contributed by atoms with Crippen molar-refractivity contribution in [2.24, 2.45) is 0 Å². The number of hydrogen-bond acceptors (Lipinski definition) is 3. The minimum Gasteiger partial charge on any atom is -0.497 e. The Kier molecular flexibility index (Phi) is 4.58. The van der Waals surface area contributed by atoms with Gasteiger partial charge in [-0.15, -0.1) is 6.58 Å². The zero-order valence-corrected chi connectivity index (χ0v) is 9.60. The van der Waals surface area contributed by atoms with Gasteiger partial charge >= 0.3 is 5.97 Å². The number of benzene rings is 1. The maximum Gasteiger partial charge on any atom is 0.303 e. The van der Waals surface area contributed by atoms with E-state index >= 15 is 0 Å². The van der Waals surface area contributed by atoms with E-state index in [0.717, 1.165) is 11.3 Å². The molecule has 0 spiro atoms. The number of methoxy groups -OCH3 is 1. The van der Waals surface area contributed by atoms with Crippen molar-refractivity contribution >= 4 is 5.97 Å². The molecule has 0 aliphatic rings. The van der Waals surface area contributed by atoms with Crippen LogP contribution in [0.2, 0.25) is 0 Å². The van der Waals surface area contributed by atoms with Crippen LogP contribution in [0.15, 0.2) is 36.9 Å². The van der Waals surface area contributed by atoms with E-state index in [9.17, 15) is 4.79 Å². The van der Waals surface area contributed by atoms with Crippen molar-refractivity contribution in [1.29, 1.82) is 0 Å². The van der Waals surface area contributed by atoms with E-state index in [4.69, 9.17) is 9.47 Å². The van der Waals surface area contributed by atoms with Crippen LogP contribution >= 0.6 is 0 Å². The van der Waals surface area contributed by atoms with E-state index in [-0.39, 0.29) is 12.1 Å². The molecular weight excluding hydrogens is 204 g/mol. The number of esters is 1. The Bertz CT molecular complexity index is 354. The van der Waals surface area contributed by atoms with Gasteiger partial charge in [-0.1, -0.05) is 18.2 Å². The third-order valence-corrected chi connectivity index (χ3v) is 2.18. The van der Waals surface area contributed by atoms with Crippen molar-refractivity contribution in [3.63, 3.8) is 0 Å². The Morgan fingerprint density at radius 3 is 2.50 bits per heavy atom. The quantitative estimate of drug-likeness (QED) is 0.565. The van der Waals surface area contributed by atoms with E-state index < -0.39 is 0 Å². The van der Waals surface area contributed by atoms with E-state index in [1.165, 1.54) is 6.92 Å². The van der Waals surface area contributed by atoms with Gasteiger partial charge in [-0.05, 0) is 17.7 Å². The molecule has 1 atom stereocenters. The molecule has 1 rings (SSSR count). The summed E-state index contributed by atoms with van der Waals surface area (Å²) in [6, 6.07) is 7.45. The molecular formula is C13H16O3. The average molecular weight is 220 g/mol. The zero-order chi connectivity index (χ0) is 12.0. The molecule has 0 bridgehead atoms. The Morgan fingerprint density at radius 2 is 2.06 bits per heavy atom. The lowest BCUT2D eigenvalue weighted by atomic mass is 10.1. The Morgan fingerprint density at radius 1 is 1.44 bits per heavy atom. The molecule has 0 amide bonds. The summed E-state index contributed by atoms with van der Waals surface area (Å²) in [4.78, 5) is 10.9. The molecule has 0 aliphatic heterocycles. The molecule has 1 aromatic rings. The molecule has 0 heterocycles. The summed E-state index contributed by atoms with van der Waals surface area (Å²) in [6.07, 6.45) is 2.07. The predicted molar refractivity (Wildman–Crippen MR) is 62.3 cm³/mol. The van der Waals surface area contributed by atoms with Gasteiger partial charge in [0, 0.05) is 13.3 Å². The lowest BCUT2D eigenvalue weighted by molar-refractivity contribution is -0.146. The maximum absolute atomic E-state index is 10.9. The lowest BCUT2D eigenvalue weighted by Gasteiger charge is -2.15. The smallest absolute Gasteiger partial charge is 0.303 e. The predicted octanol–water partition coefficient (Wildman–Crippen LogP) is 2.88. The summed E-state index contributed by atoms with van der Waals surface area (Å²) in [5.74, 6) is 0.492. The van der Waals surface area contributed by atoms with Gasteiger partial charge in [0.2, 0.25) is 0 Å². The summed E-state index contributed by atoms with van der Waals surface area (Å²) >= 11 is 0. The highest BCUT2D eigenvalue weighted by Gasteiger charge is 2.12. The second kappa shape index (κ2) is 5.95. The monoisotopic (exact) mass is 220 g/mol. The van der Waals surface area contributed by atoms with E-state index in [2.05, 4.69) is 6.58 Å². The molecule has 0 saturated heterocycles. The van der Waals surface area contributed by atoms with Gasteiger partial charge in [-0.25, -0.2) is 0 Å². The average Bonchev–Trinajstić information content (AvgIpc) is 2.28. The number of carbonyl (C=O) groups excluding carboxylic acids is 1. The fourth-order valence-electron chi connectivity index (χ4n) is 1.42. The minimum absolute atomic E-state index is 0.263. The fraction of sp³-hybridized carbons (Fsp3) is 0.308. The summed E-state index contributed by atoms with van der Waals surface area (Å²) in [5, 5.41) is 0. The second-order valence-electron chi connectivity index (χ2n) is 3.40. The molecule has 0 radical (unpaired) electrons. The van der Waals surface area contributed by atoms with Crippen LogP contribution in [0.5, 0.6) is 5.75 Å². The topological polar surface area (TPSA) is 35.5 Å². The second-order valence-corrected chi connectivity index (χ2v) is 3.40. The summed E-state index contributed by atoms with van der Waals surface area (Å²) in [5.41, 5.74) is 0.941. The van der Waals surface area contributed by atoms with E-state index in [1.54, 1.807) is 13.2 Å². The van der Waals surface area contributed by atoms with Crippen molar-refractivity contribution in [2.75, 3.05) is 7.11 Å². The first kappa shape index (κ1) is 12.3. The summed E-state index contributed by atoms with van der Waals surface area (Å²) < 4.78 is 10.3. The highest BCUT2D eigenvalue weighted by Crippen LogP contribution is 2.23. The molecule has 0 fully saturated rings. The standard InChI is InChI=1S/C13H16O3/c1-4-5-13(16-10(2)14)11-6-8-12(15-3)9-7-11/h4,6-9,13H,1,5H2,2-3H3/t13-/m1/s1. The number of carbonyl (C=O) groups is 1. The molecule has 0 aliphatic carbocycles. The molecule has 0 unspecified atom stereocenters. The lowest BCUT2D eigenvalue weighted by Crippen LogP contribution is -2.07. The highest BCUT2D eigenvalue weighted by atomic mass is 16.5. The largest absolute Gasteiger partial charge is 0.497 e. The van der Waals surface area contributed by atoms with Crippen LogP contribution in [0.25, 0.3) is 0 Å². The molecule has 0 N–H and O–H groups in total. The van der Waals surface area contributed by atoms with Crippen LogP contribution in [0, 0.1) is 0 Å². The first-order chi connectivity index (χ1) is 7.67. The van der Waals surface area contributed by atoms with Crippen molar-refractivity contribution in [3.8, 4) is 5.75 Å². The van der Waals surface area contributed by atoms with Gasteiger partial charge in [-0.2, -0.15) is 0 Å². The maximum atomic E-state index is 10.9. The van der Waals surface area contributed by atoms with E-state index in [1.807, 2.05) is 24.3 Å². The van der Waals surface area contributed by atoms with Crippen LogP contribution in [0.4, 0.5) is 0 Å². The van der Waals surface area contributed by atoms with Gasteiger partial charge in [0.05, 0.1) is 7.11 Å². The molecule has 0 aromatic heterocycles. The zero-order valence-electron chi connectivity index (χ0n) is 9.60. The third-order valence-electron chi connectivity index (χ3n) is 2.18. The van der Waals surface area contributed by atoms with Crippen molar-refractivity contribution in [1.82, 2.24) is 0 Å². The molecule has 0 saturated carbocycles. The highest BCUT2D eigenvalue weighted by molar-refractivity contribution is 5.66. The van der Waals surface area contributed by atoms with Crippen molar-refractivity contribution < 1.29 is 14.3 Å². The van der Waals surface area contributed by atoms with Crippen LogP contribution in [-0.2, 0) is 9.53 Å². The Labute approximate surface area is 95.7 Å². The van der Waals surface area contributed by atoms with Crippen LogP contribution < -0.4 is 4.74 Å². The summed E-state index contributed by atoms with van der Waals surface area (Å²) in [7, 11) is 1.61. The Hall–Kier alpha value is -1.77. The van der Waals surface area contributed by atoms with Crippen LogP contribution in [0.1, 0.15) is 25.0 Å². The number of rotatable bonds is 5. The van der Waals surface area contributed by atoms with Crippen molar-refractivity contribution in [3.05, 3.63) is 42.5 Å². The van der Waals surface area contributed by atoms with Crippen LogP contribution in [-0.4, -0.2) is 13.1 Å². The molecule has 3 nitrogen and oxygen atoms in total.